The van der Waals surface area contributed by atoms with E-state index in [9.17, 15) is 9.90 Å². The summed E-state index contributed by atoms with van der Waals surface area (Å²) in [5, 5.41) is 10.6. The first kappa shape index (κ1) is 16.5. The van der Waals surface area contributed by atoms with Crippen molar-refractivity contribution in [2.75, 3.05) is 0 Å². The van der Waals surface area contributed by atoms with Gasteiger partial charge in [0.1, 0.15) is 5.82 Å². The number of rotatable bonds is 4. The highest BCUT2D eigenvalue weighted by molar-refractivity contribution is 6.33. The molecule has 2 heterocycles. The molecule has 5 nitrogen and oxygen atoms in total. The van der Waals surface area contributed by atoms with E-state index in [-0.39, 0.29) is 12.2 Å². The van der Waals surface area contributed by atoms with E-state index >= 15 is 0 Å². The molecule has 0 saturated heterocycles. The zero-order valence-electron chi connectivity index (χ0n) is 12.7. The topological polar surface area (TPSA) is 68.0 Å². The van der Waals surface area contributed by atoms with Crippen LogP contribution in [-0.2, 0) is 6.54 Å². The van der Waals surface area contributed by atoms with Crippen LogP contribution >= 0.6 is 23.2 Å². The van der Waals surface area contributed by atoms with Gasteiger partial charge in [0, 0.05) is 28.0 Å². The second-order valence-electron chi connectivity index (χ2n) is 5.23. The minimum atomic E-state index is -1.04. The third-order valence-corrected chi connectivity index (χ3v) is 4.22. The Bertz CT molecular complexity index is 908. The lowest BCUT2D eigenvalue weighted by Gasteiger charge is -2.12. The van der Waals surface area contributed by atoms with Crippen molar-refractivity contribution in [2.45, 2.75) is 13.5 Å². The molecule has 122 valence electrons. The number of aromatic carboxylic acids is 1. The van der Waals surface area contributed by atoms with Crippen molar-refractivity contribution in [1.29, 1.82) is 0 Å². The van der Waals surface area contributed by atoms with E-state index in [4.69, 9.17) is 23.2 Å². The summed E-state index contributed by atoms with van der Waals surface area (Å²) >= 11 is 12.3. The minimum Gasteiger partial charge on any atom is -0.477 e. The molecule has 0 spiro atoms. The predicted octanol–water partition coefficient (Wildman–Crippen LogP) is 4.31. The van der Waals surface area contributed by atoms with Crippen LogP contribution in [0.1, 0.15) is 21.7 Å². The number of carboxylic acid groups (broad SMARTS) is 1. The number of imidazole rings is 1. The average molecular weight is 362 g/mol. The van der Waals surface area contributed by atoms with Gasteiger partial charge < -0.3 is 9.67 Å². The number of halogens is 2. The number of benzene rings is 1. The van der Waals surface area contributed by atoms with E-state index < -0.39 is 5.97 Å². The van der Waals surface area contributed by atoms with Gasteiger partial charge >= 0.3 is 5.97 Å². The van der Waals surface area contributed by atoms with E-state index in [1.807, 2.05) is 0 Å². The molecule has 0 saturated carbocycles. The van der Waals surface area contributed by atoms with Crippen molar-refractivity contribution in [1.82, 2.24) is 14.5 Å². The van der Waals surface area contributed by atoms with E-state index in [0.717, 1.165) is 11.1 Å². The molecule has 3 aromatic rings. The molecule has 2 aromatic heterocycles. The van der Waals surface area contributed by atoms with Gasteiger partial charge in [-0.3, -0.25) is 4.98 Å². The number of hydrogen-bond donors (Lipinski definition) is 1. The Morgan fingerprint density at radius 3 is 2.58 bits per heavy atom. The third kappa shape index (κ3) is 3.13. The number of aromatic nitrogens is 3. The highest BCUT2D eigenvalue weighted by Crippen LogP contribution is 2.27. The Kier molecular flexibility index (Phi) is 4.55. The second-order valence-corrected chi connectivity index (χ2v) is 6.08. The highest BCUT2D eigenvalue weighted by Gasteiger charge is 2.21. The Labute approximate surface area is 148 Å². The Hall–Kier alpha value is -2.37. The average Bonchev–Trinajstić information content (AvgIpc) is 2.88. The summed E-state index contributed by atoms with van der Waals surface area (Å²) in [4.78, 5) is 20.1. The van der Waals surface area contributed by atoms with E-state index in [0.29, 0.717) is 21.6 Å². The van der Waals surface area contributed by atoms with Crippen LogP contribution in [0.15, 0.2) is 42.7 Å². The van der Waals surface area contributed by atoms with Gasteiger partial charge in [0.05, 0.1) is 12.2 Å². The molecule has 3 rings (SSSR count). The fraction of sp³-hybridized carbons (Fsp3) is 0.118. The number of nitrogens with zero attached hydrogens (tertiary/aromatic N) is 3. The summed E-state index contributed by atoms with van der Waals surface area (Å²) in [6.45, 7) is 1.92. The molecule has 0 aliphatic rings. The van der Waals surface area contributed by atoms with Crippen molar-refractivity contribution in [3.63, 3.8) is 0 Å². The minimum absolute atomic E-state index is 0.123. The van der Waals surface area contributed by atoms with E-state index in [2.05, 4.69) is 9.97 Å². The summed E-state index contributed by atoms with van der Waals surface area (Å²) in [7, 11) is 0. The first-order valence-electron chi connectivity index (χ1n) is 7.12. The number of carboxylic acids is 1. The molecular formula is C17H13Cl2N3O2. The van der Waals surface area contributed by atoms with E-state index in [1.165, 1.54) is 0 Å². The maximum absolute atomic E-state index is 11.7. The van der Waals surface area contributed by atoms with Crippen LogP contribution in [0.25, 0.3) is 11.4 Å². The van der Waals surface area contributed by atoms with Crippen LogP contribution in [0.3, 0.4) is 0 Å². The normalized spacial score (nSPS) is 10.8. The SMILES string of the molecule is Cc1nc(-c2ccncc2)n(Cc2cc(Cl)ccc2Cl)c1C(=O)O. The van der Waals surface area contributed by atoms with Gasteiger partial charge in [-0.05, 0) is 42.8 Å². The Morgan fingerprint density at radius 1 is 1.21 bits per heavy atom. The summed E-state index contributed by atoms with van der Waals surface area (Å²) in [6, 6.07) is 8.66. The maximum atomic E-state index is 11.7. The Morgan fingerprint density at radius 2 is 1.92 bits per heavy atom. The predicted molar refractivity (Wildman–Crippen MR) is 92.7 cm³/mol. The number of hydrogen-bond acceptors (Lipinski definition) is 3. The lowest BCUT2D eigenvalue weighted by molar-refractivity contribution is 0.0685. The van der Waals surface area contributed by atoms with E-state index in [1.54, 1.807) is 54.2 Å². The summed E-state index contributed by atoms with van der Waals surface area (Å²) in [5.74, 6) is -0.498. The zero-order valence-corrected chi connectivity index (χ0v) is 14.2. The fourth-order valence-corrected chi connectivity index (χ4v) is 2.93. The zero-order chi connectivity index (χ0) is 17.3. The molecule has 1 aromatic carbocycles. The monoisotopic (exact) mass is 361 g/mol. The van der Waals surface area contributed by atoms with Crippen LogP contribution < -0.4 is 0 Å². The number of aryl methyl sites for hydroxylation is 1. The highest BCUT2D eigenvalue weighted by atomic mass is 35.5. The van der Waals surface area contributed by atoms with Crippen LogP contribution in [0.5, 0.6) is 0 Å². The van der Waals surface area contributed by atoms with Crippen LogP contribution in [-0.4, -0.2) is 25.6 Å². The molecule has 1 N–H and O–H groups in total. The summed E-state index contributed by atoms with van der Waals surface area (Å²) in [6.07, 6.45) is 3.27. The number of carbonyl (C=O) groups is 1. The quantitative estimate of drug-likeness (QED) is 0.751. The van der Waals surface area contributed by atoms with Gasteiger partial charge in [-0.2, -0.15) is 0 Å². The van der Waals surface area contributed by atoms with Gasteiger partial charge in [0.2, 0.25) is 0 Å². The molecule has 0 radical (unpaired) electrons. The van der Waals surface area contributed by atoms with Gasteiger partial charge in [-0.1, -0.05) is 23.2 Å². The van der Waals surface area contributed by atoms with Crippen LogP contribution in [0.4, 0.5) is 0 Å². The molecule has 0 amide bonds. The molecule has 0 unspecified atom stereocenters. The molecule has 0 atom stereocenters. The largest absolute Gasteiger partial charge is 0.477 e. The first-order valence-corrected chi connectivity index (χ1v) is 7.87. The molecule has 24 heavy (non-hydrogen) atoms. The molecule has 7 heteroatoms. The first-order chi connectivity index (χ1) is 11.5. The molecule has 0 bridgehead atoms. The Balaban J connectivity index is 2.18. The smallest absolute Gasteiger partial charge is 0.354 e. The third-order valence-electron chi connectivity index (χ3n) is 3.62. The molecule has 0 aliphatic carbocycles. The van der Waals surface area contributed by atoms with Gasteiger partial charge in [-0.15, -0.1) is 0 Å². The lowest BCUT2D eigenvalue weighted by Crippen LogP contribution is -2.12. The van der Waals surface area contributed by atoms with Crippen molar-refractivity contribution in [3.05, 3.63) is 69.7 Å². The van der Waals surface area contributed by atoms with Crippen molar-refractivity contribution >= 4 is 29.2 Å². The standard InChI is InChI=1S/C17H13Cl2N3O2/c1-10-15(17(23)24)22(9-12-8-13(18)2-3-14(12)19)16(21-10)11-4-6-20-7-5-11/h2-8H,9H2,1H3,(H,23,24). The second kappa shape index (κ2) is 6.63. The summed E-state index contributed by atoms with van der Waals surface area (Å²) < 4.78 is 1.63. The molecule has 0 fully saturated rings. The van der Waals surface area contributed by atoms with Crippen molar-refractivity contribution in [3.8, 4) is 11.4 Å². The molecule has 0 aliphatic heterocycles. The van der Waals surface area contributed by atoms with Crippen LogP contribution in [0, 0.1) is 6.92 Å². The van der Waals surface area contributed by atoms with Crippen LogP contribution in [0.2, 0.25) is 10.0 Å². The summed E-state index contributed by atoms with van der Waals surface area (Å²) in [5.41, 5.74) is 2.06. The number of pyridine rings is 1. The fourth-order valence-electron chi connectivity index (χ4n) is 2.55. The van der Waals surface area contributed by atoms with Gasteiger partial charge in [0.25, 0.3) is 0 Å². The van der Waals surface area contributed by atoms with Gasteiger partial charge in [0.15, 0.2) is 5.69 Å². The molecular weight excluding hydrogens is 349 g/mol. The van der Waals surface area contributed by atoms with Gasteiger partial charge in [-0.25, -0.2) is 9.78 Å². The van der Waals surface area contributed by atoms with Crippen molar-refractivity contribution < 1.29 is 9.90 Å². The maximum Gasteiger partial charge on any atom is 0.354 e. The lowest BCUT2D eigenvalue weighted by atomic mass is 10.2. The van der Waals surface area contributed by atoms with Crippen molar-refractivity contribution in [2.24, 2.45) is 0 Å².